The second kappa shape index (κ2) is 4.65. The summed E-state index contributed by atoms with van der Waals surface area (Å²) in [6.07, 6.45) is 3.55. The van der Waals surface area contributed by atoms with Gasteiger partial charge in [-0.1, -0.05) is 0 Å². The maximum atomic E-state index is 11.9. The SMILES string of the molecule is Cc1[nH]ncc1C(=O)NC1CCOC(C)C1. The van der Waals surface area contributed by atoms with E-state index in [1.165, 1.54) is 0 Å². The Balaban J connectivity index is 1.95. The van der Waals surface area contributed by atoms with Gasteiger partial charge in [0.2, 0.25) is 0 Å². The molecule has 1 aliphatic heterocycles. The van der Waals surface area contributed by atoms with E-state index >= 15 is 0 Å². The van der Waals surface area contributed by atoms with Crippen molar-refractivity contribution in [3.05, 3.63) is 17.5 Å². The number of aromatic amines is 1. The third-order valence-electron chi connectivity index (χ3n) is 2.89. The molecule has 2 N–H and O–H groups in total. The van der Waals surface area contributed by atoms with Crippen molar-refractivity contribution < 1.29 is 9.53 Å². The number of H-pyrrole nitrogens is 1. The molecule has 2 heterocycles. The second-order valence-electron chi connectivity index (χ2n) is 4.28. The summed E-state index contributed by atoms with van der Waals surface area (Å²) >= 11 is 0. The van der Waals surface area contributed by atoms with Crippen LogP contribution in [0.25, 0.3) is 0 Å². The number of aromatic nitrogens is 2. The highest BCUT2D eigenvalue weighted by molar-refractivity contribution is 5.95. The third kappa shape index (κ3) is 2.41. The van der Waals surface area contributed by atoms with Crippen LogP contribution in [0.1, 0.15) is 35.8 Å². The zero-order valence-electron chi connectivity index (χ0n) is 9.62. The van der Waals surface area contributed by atoms with E-state index in [9.17, 15) is 4.79 Å². The normalized spacial score (nSPS) is 25.4. The minimum atomic E-state index is -0.0506. The van der Waals surface area contributed by atoms with E-state index in [2.05, 4.69) is 15.5 Å². The molecule has 1 fully saturated rings. The minimum absolute atomic E-state index is 0.0506. The van der Waals surface area contributed by atoms with E-state index in [0.717, 1.165) is 25.1 Å². The van der Waals surface area contributed by atoms with Gasteiger partial charge in [-0.15, -0.1) is 0 Å². The zero-order valence-corrected chi connectivity index (χ0v) is 9.62. The minimum Gasteiger partial charge on any atom is -0.378 e. The summed E-state index contributed by atoms with van der Waals surface area (Å²) in [6.45, 7) is 4.59. The molecular weight excluding hydrogens is 206 g/mol. The average Bonchev–Trinajstić information content (AvgIpc) is 2.64. The molecule has 1 amide bonds. The predicted octanol–water partition coefficient (Wildman–Crippen LogP) is 1.02. The molecular formula is C11H17N3O2. The average molecular weight is 223 g/mol. The first-order valence-corrected chi connectivity index (χ1v) is 5.59. The second-order valence-corrected chi connectivity index (χ2v) is 4.28. The van der Waals surface area contributed by atoms with Crippen LogP contribution in [0.2, 0.25) is 0 Å². The highest BCUT2D eigenvalue weighted by Gasteiger charge is 2.22. The molecule has 1 aliphatic rings. The van der Waals surface area contributed by atoms with Gasteiger partial charge >= 0.3 is 0 Å². The molecule has 0 bridgehead atoms. The largest absolute Gasteiger partial charge is 0.378 e. The Hall–Kier alpha value is -1.36. The lowest BCUT2D eigenvalue weighted by Gasteiger charge is -2.27. The third-order valence-corrected chi connectivity index (χ3v) is 2.89. The van der Waals surface area contributed by atoms with Crippen molar-refractivity contribution in [3.8, 4) is 0 Å². The van der Waals surface area contributed by atoms with Gasteiger partial charge in [0.25, 0.3) is 5.91 Å². The molecule has 5 nitrogen and oxygen atoms in total. The number of hydrogen-bond donors (Lipinski definition) is 2. The zero-order chi connectivity index (χ0) is 11.5. The first-order valence-electron chi connectivity index (χ1n) is 5.59. The van der Waals surface area contributed by atoms with Gasteiger partial charge < -0.3 is 10.1 Å². The highest BCUT2D eigenvalue weighted by Crippen LogP contribution is 2.14. The van der Waals surface area contributed by atoms with Crippen molar-refractivity contribution in [2.24, 2.45) is 0 Å². The van der Waals surface area contributed by atoms with Crippen molar-refractivity contribution in [2.75, 3.05) is 6.61 Å². The number of rotatable bonds is 2. The van der Waals surface area contributed by atoms with Gasteiger partial charge in [-0.05, 0) is 26.7 Å². The molecule has 0 spiro atoms. The van der Waals surface area contributed by atoms with Crippen LogP contribution >= 0.6 is 0 Å². The van der Waals surface area contributed by atoms with Gasteiger partial charge in [0, 0.05) is 18.3 Å². The first kappa shape index (κ1) is 11.1. The van der Waals surface area contributed by atoms with Gasteiger partial charge in [-0.3, -0.25) is 9.89 Å². The number of amides is 1. The fourth-order valence-electron chi connectivity index (χ4n) is 1.97. The number of hydrogen-bond acceptors (Lipinski definition) is 3. The molecule has 16 heavy (non-hydrogen) atoms. The molecule has 0 radical (unpaired) electrons. The lowest BCUT2D eigenvalue weighted by atomic mass is 10.0. The molecule has 1 aromatic heterocycles. The number of aryl methyl sites for hydroxylation is 1. The van der Waals surface area contributed by atoms with Crippen LogP contribution in [0.5, 0.6) is 0 Å². The fourth-order valence-corrected chi connectivity index (χ4v) is 1.97. The molecule has 0 aliphatic carbocycles. The summed E-state index contributed by atoms with van der Waals surface area (Å²) in [5.41, 5.74) is 1.43. The van der Waals surface area contributed by atoms with Gasteiger partial charge in [0.15, 0.2) is 0 Å². The molecule has 0 saturated carbocycles. The van der Waals surface area contributed by atoms with E-state index in [1.54, 1.807) is 6.20 Å². The van der Waals surface area contributed by atoms with E-state index in [0.29, 0.717) is 5.56 Å². The van der Waals surface area contributed by atoms with E-state index in [-0.39, 0.29) is 18.1 Å². The number of ether oxygens (including phenoxy) is 1. The lowest BCUT2D eigenvalue weighted by molar-refractivity contribution is 0.0136. The maximum Gasteiger partial charge on any atom is 0.254 e. The Bertz CT molecular complexity index is 375. The topological polar surface area (TPSA) is 67.0 Å². The molecule has 2 unspecified atom stereocenters. The summed E-state index contributed by atoms with van der Waals surface area (Å²) in [5, 5.41) is 9.61. The molecule has 2 rings (SSSR count). The monoisotopic (exact) mass is 223 g/mol. The first-order chi connectivity index (χ1) is 7.66. The quantitative estimate of drug-likeness (QED) is 0.786. The molecule has 1 saturated heterocycles. The summed E-state index contributed by atoms with van der Waals surface area (Å²) in [5.74, 6) is -0.0506. The number of carbonyl (C=O) groups is 1. The van der Waals surface area contributed by atoms with Crippen molar-refractivity contribution >= 4 is 5.91 Å². The lowest BCUT2D eigenvalue weighted by Crippen LogP contribution is -2.41. The Morgan fingerprint density at radius 2 is 2.50 bits per heavy atom. The summed E-state index contributed by atoms with van der Waals surface area (Å²) in [7, 11) is 0. The number of nitrogens with one attached hydrogen (secondary N) is 2. The van der Waals surface area contributed by atoms with Crippen LogP contribution in [-0.2, 0) is 4.74 Å². The van der Waals surface area contributed by atoms with Crippen molar-refractivity contribution in [1.29, 1.82) is 0 Å². The fraction of sp³-hybridized carbons (Fsp3) is 0.636. The Morgan fingerprint density at radius 1 is 1.69 bits per heavy atom. The molecule has 0 aromatic carbocycles. The van der Waals surface area contributed by atoms with Gasteiger partial charge in [0.05, 0.1) is 17.9 Å². The molecule has 2 atom stereocenters. The van der Waals surface area contributed by atoms with Crippen LogP contribution in [0, 0.1) is 6.92 Å². The van der Waals surface area contributed by atoms with E-state index in [1.807, 2.05) is 13.8 Å². The van der Waals surface area contributed by atoms with Gasteiger partial charge in [-0.2, -0.15) is 5.10 Å². The number of nitrogens with zero attached hydrogens (tertiary/aromatic N) is 1. The molecule has 1 aromatic rings. The van der Waals surface area contributed by atoms with Crippen LogP contribution in [-0.4, -0.2) is 34.9 Å². The van der Waals surface area contributed by atoms with E-state index in [4.69, 9.17) is 4.74 Å². The summed E-state index contributed by atoms with van der Waals surface area (Å²) < 4.78 is 5.43. The van der Waals surface area contributed by atoms with Gasteiger partial charge in [-0.25, -0.2) is 0 Å². The van der Waals surface area contributed by atoms with Crippen molar-refractivity contribution in [2.45, 2.75) is 38.8 Å². The molecule has 5 heteroatoms. The Kier molecular flexibility index (Phi) is 3.24. The Labute approximate surface area is 94.6 Å². The van der Waals surface area contributed by atoms with Crippen molar-refractivity contribution in [1.82, 2.24) is 15.5 Å². The summed E-state index contributed by atoms with van der Waals surface area (Å²) in [4.78, 5) is 11.9. The van der Waals surface area contributed by atoms with Crippen LogP contribution in [0.15, 0.2) is 6.20 Å². The van der Waals surface area contributed by atoms with Crippen LogP contribution in [0.3, 0.4) is 0 Å². The molecule has 88 valence electrons. The Morgan fingerprint density at radius 3 is 3.12 bits per heavy atom. The van der Waals surface area contributed by atoms with Crippen LogP contribution < -0.4 is 5.32 Å². The highest BCUT2D eigenvalue weighted by atomic mass is 16.5. The smallest absolute Gasteiger partial charge is 0.254 e. The standard InChI is InChI=1S/C11H17N3O2/c1-7-5-9(3-4-16-7)13-11(15)10-6-12-14-8(10)2/h6-7,9H,3-5H2,1-2H3,(H,12,14)(H,13,15). The van der Waals surface area contributed by atoms with E-state index < -0.39 is 0 Å². The van der Waals surface area contributed by atoms with Gasteiger partial charge in [0.1, 0.15) is 0 Å². The van der Waals surface area contributed by atoms with Crippen molar-refractivity contribution in [3.63, 3.8) is 0 Å². The predicted molar refractivity (Wildman–Crippen MR) is 59.2 cm³/mol. The summed E-state index contributed by atoms with van der Waals surface area (Å²) in [6, 6.07) is 0.213. The maximum absolute atomic E-state index is 11.9. The number of carbonyl (C=O) groups excluding carboxylic acids is 1. The van der Waals surface area contributed by atoms with Crippen LogP contribution in [0.4, 0.5) is 0 Å².